The van der Waals surface area contributed by atoms with Crippen molar-refractivity contribution in [2.24, 2.45) is 0 Å². The lowest BCUT2D eigenvalue weighted by atomic mass is 10.1. The van der Waals surface area contributed by atoms with E-state index in [1.54, 1.807) is 13.8 Å². The van der Waals surface area contributed by atoms with E-state index in [9.17, 15) is 5.11 Å². The molecule has 0 unspecified atom stereocenters. The molecular weight excluding hydrogens is 264 g/mol. The highest BCUT2D eigenvalue weighted by molar-refractivity contribution is 5.61. The zero-order valence-electron chi connectivity index (χ0n) is 13.0. The molecule has 0 spiro atoms. The highest BCUT2D eigenvalue weighted by atomic mass is 16.3. The van der Waals surface area contributed by atoms with Crippen molar-refractivity contribution < 1.29 is 5.11 Å². The minimum absolute atomic E-state index is 0.487. The molecule has 2 aromatic rings. The highest BCUT2D eigenvalue weighted by Gasteiger charge is 2.18. The Kier molecular flexibility index (Phi) is 4.43. The molecule has 5 nitrogen and oxygen atoms in total. The minimum atomic E-state index is -0.785. The van der Waals surface area contributed by atoms with Crippen LogP contribution in [0.1, 0.15) is 13.8 Å². The molecule has 2 rings (SSSR count). The molecule has 0 amide bonds. The lowest BCUT2D eigenvalue weighted by Gasteiger charge is -2.26. The van der Waals surface area contributed by atoms with Crippen LogP contribution in [-0.4, -0.2) is 41.3 Å². The van der Waals surface area contributed by atoms with Crippen LogP contribution >= 0.6 is 0 Å². The third kappa shape index (κ3) is 4.16. The van der Waals surface area contributed by atoms with Crippen molar-refractivity contribution in [1.29, 1.82) is 0 Å². The van der Waals surface area contributed by atoms with Gasteiger partial charge in [-0.05, 0) is 13.8 Å². The fourth-order valence-electron chi connectivity index (χ4n) is 2.14. The Balaban J connectivity index is 2.39. The summed E-state index contributed by atoms with van der Waals surface area (Å²) >= 11 is 0. The van der Waals surface area contributed by atoms with Crippen molar-refractivity contribution >= 4 is 11.6 Å². The monoisotopic (exact) mass is 286 g/mol. The van der Waals surface area contributed by atoms with E-state index in [-0.39, 0.29) is 0 Å². The van der Waals surface area contributed by atoms with Crippen LogP contribution in [-0.2, 0) is 0 Å². The Morgan fingerprint density at radius 2 is 1.86 bits per heavy atom. The highest BCUT2D eigenvalue weighted by Crippen LogP contribution is 2.22. The molecule has 1 heterocycles. The molecule has 21 heavy (non-hydrogen) atoms. The van der Waals surface area contributed by atoms with Crippen LogP contribution in [0.3, 0.4) is 0 Å². The topological polar surface area (TPSA) is 61.3 Å². The van der Waals surface area contributed by atoms with Crippen LogP contribution in [0.25, 0.3) is 11.4 Å². The van der Waals surface area contributed by atoms with Crippen molar-refractivity contribution in [2.75, 3.05) is 30.9 Å². The Morgan fingerprint density at radius 1 is 1.19 bits per heavy atom. The van der Waals surface area contributed by atoms with E-state index in [4.69, 9.17) is 0 Å². The Morgan fingerprint density at radius 3 is 2.43 bits per heavy atom. The Hall–Kier alpha value is -2.14. The molecule has 0 saturated carbocycles. The summed E-state index contributed by atoms with van der Waals surface area (Å²) in [4.78, 5) is 11.0. The van der Waals surface area contributed by atoms with Gasteiger partial charge in [0.15, 0.2) is 5.82 Å². The van der Waals surface area contributed by atoms with Crippen molar-refractivity contribution in [3.8, 4) is 11.4 Å². The van der Waals surface area contributed by atoms with E-state index < -0.39 is 5.60 Å². The molecule has 0 atom stereocenters. The maximum atomic E-state index is 9.96. The quantitative estimate of drug-likeness (QED) is 0.883. The first-order chi connectivity index (χ1) is 9.89. The second-order valence-corrected chi connectivity index (χ2v) is 5.72. The zero-order valence-corrected chi connectivity index (χ0v) is 13.0. The third-order valence-electron chi connectivity index (χ3n) is 3.02. The molecule has 0 radical (unpaired) electrons. The average Bonchev–Trinajstić information content (AvgIpc) is 2.46. The van der Waals surface area contributed by atoms with Crippen molar-refractivity contribution in [3.63, 3.8) is 0 Å². The molecular formula is C16H22N4O. The summed E-state index contributed by atoms with van der Waals surface area (Å²) < 4.78 is 0. The van der Waals surface area contributed by atoms with Gasteiger partial charge in [-0.2, -0.15) is 0 Å². The molecule has 2 N–H and O–H groups in total. The molecule has 0 saturated heterocycles. The summed E-state index contributed by atoms with van der Waals surface area (Å²) in [7, 11) is 3.74. The van der Waals surface area contributed by atoms with Crippen LogP contribution in [0.2, 0.25) is 0 Å². The summed E-state index contributed by atoms with van der Waals surface area (Å²) in [5.74, 6) is 2.19. The van der Waals surface area contributed by atoms with E-state index in [0.29, 0.717) is 12.4 Å². The van der Waals surface area contributed by atoms with Gasteiger partial charge in [0.25, 0.3) is 0 Å². The molecule has 0 aliphatic heterocycles. The molecule has 1 aromatic carbocycles. The van der Waals surface area contributed by atoms with Gasteiger partial charge in [0.05, 0.1) is 5.60 Å². The first-order valence-electron chi connectivity index (χ1n) is 6.95. The summed E-state index contributed by atoms with van der Waals surface area (Å²) in [6.07, 6.45) is 0. The SMILES string of the molecule is CNc1cc(N(C)CC(C)(C)O)nc(-c2ccccc2)n1. The smallest absolute Gasteiger partial charge is 0.163 e. The number of benzene rings is 1. The Labute approximate surface area is 125 Å². The van der Waals surface area contributed by atoms with Crippen LogP contribution in [0.15, 0.2) is 36.4 Å². The van der Waals surface area contributed by atoms with Gasteiger partial charge in [-0.1, -0.05) is 30.3 Å². The number of hydrogen-bond donors (Lipinski definition) is 2. The van der Waals surface area contributed by atoms with Gasteiger partial charge in [-0.25, -0.2) is 9.97 Å². The van der Waals surface area contributed by atoms with Crippen LogP contribution in [0.4, 0.5) is 11.6 Å². The van der Waals surface area contributed by atoms with E-state index in [2.05, 4.69) is 15.3 Å². The number of anilines is 2. The van der Waals surface area contributed by atoms with E-state index in [1.165, 1.54) is 0 Å². The minimum Gasteiger partial charge on any atom is -0.389 e. The Bertz CT molecular complexity index is 593. The predicted molar refractivity (Wildman–Crippen MR) is 86.6 cm³/mol. The molecule has 0 aliphatic carbocycles. The molecule has 0 bridgehead atoms. The normalized spacial score (nSPS) is 11.3. The third-order valence-corrected chi connectivity index (χ3v) is 3.02. The van der Waals surface area contributed by atoms with Crippen molar-refractivity contribution in [3.05, 3.63) is 36.4 Å². The molecule has 0 aliphatic rings. The van der Waals surface area contributed by atoms with Gasteiger partial charge in [0.2, 0.25) is 0 Å². The summed E-state index contributed by atoms with van der Waals surface area (Å²) in [6, 6.07) is 11.7. The van der Waals surface area contributed by atoms with E-state index >= 15 is 0 Å². The van der Waals surface area contributed by atoms with Crippen molar-refractivity contribution in [1.82, 2.24) is 9.97 Å². The first kappa shape index (κ1) is 15.3. The fourth-order valence-corrected chi connectivity index (χ4v) is 2.14. The van der Waals surface area contributed by atoms with Gasteiger partial charge in [-0.15, -0.1) is 0 Å². The standard InChI is InChI=1S/C16H22N4O/c1-16(2,21)11-20(4)14-10-13(17-3)18-15(19-14)12-8-6-5-7-9-12/h5-10,21H,11H2,1-4H3,(H,17,18,19). The van der Waals surface area contributed by atoms with Gasteiger partial charge >= 0.3 is 0 Å². The van der Waals surface area contributed by atoms with Crippen LogP contribution in [0, 0.1) is 0 Å². The molecule has 5 heteroatoms. The lowest BCUT2D eigenvalue weighted by molar-refractivity contribution is 0.0884. The first-order valence-corrected chi connectivity index (χ1v) is 6.95. The van der Waals surface area contributed by atoms with Gasteiger partial charge in [0, 0.05) is 32.3 Å². The maximum absolute atomic E-state index is 9.96. The van der Waals surface area contributed by atoms with E-state index in [1.807, 2.05) is 55.4 Å². The number of rotatable bonds is 5. The second-order valence-electron chi connectivity index (χ2n) is 5.72. The number of hydrogen-bond acceptors (Lipinski definition) is 5. The van der Waals surface area contributed by atoms with Gasteiger partial charge in [-0.3, -0.25) is 0 Å². The number of nitrogens with zero attached hydrogens (tertiary/aromatic N) is 3. The zero-order chi connectivity index (χ0) is 15.5. The van der Waals surface area contributed by atoms with Crippen molar-refractivity contribution in [2.45, 2.75) is 19.4 Å². The molecule has 112 valence electrons. The molecule has 0 fully saturated rings. The fraction of sp³-hybridized carbons (Fsp3) is 0.375. The predicted octanol–water partition coefficient (Wildman–Crippen LogP) is 2.39. The maximum Gasteiger partial charge on any atom is 0.163 e. The summed E-state index contributed by atoms with van der Waals surface area (Å²) in [5, 5.41) is 13.0. The summed E-state index contributed by atoms with van der Waals surface area (Å²) in [5.41, 5.74) is 0.180. The second kappa shape index (κ2) is 6.10. The number of nitrogens with one attached hydrogen (secondary N) is 1. The van der Waals surface area contributed by atoms with Crippen LogP contribution in [0.5, 0.6) is 0 Å². The number of aliphatic hydroxyl groups is 1. The average molecular weight is 286 g/mol. The number of aromatic nitrogens is 2. The van der Waals surface area contributed by atoms with E-state index in [0.717, 1.165) is 17.2 Å². The van der Waals surface area contributed by atoms with Crippen LogP contribution < -0.4 is 10.2 Å². The van der Waals surface area contributed by atoms with Gasteiger partial charge in [0.1, 0.15) is 11.6 Å². The largest absolute Gasteiger partial charge is 0.389 e. The number of likely N-dealkylation sites (N-methyl/N-ethyl adjacent to an activating group) is 1. The van der Waals surface area contributed by atoms with Gasteiger partial charge < -0.3 is 15.3 Å². The lowest BCUT2D eigenvalue weighted by Crippen LogP contribution is -2.36. The molecule has 1 aromatic heterocycles. The summed E-state index contributed by atoms with van der Waals surface area (Å²) in [6.45, 7) is 4.05.